The minimum atomic E-state index is -0.537. The minimum absolute atomic E-state index is 0.301. The summed E-state index contributed by atoms with van der Waals surface area (Å²) in [6, 6.07) is 15.5. The summed E-state index contributed by atoms with van der Waals surface area (Å²) in [5.74, 6) is 0.0780. The standard InChI is InChI=1S/C18H15N5O/c1-23-14-9-12(7-8-13(14)10-20-23)15-16(17(19)24)22-18(21-15)11-5-3-2-4-6-11/h2-10H,1H3,(H2,19,24)(H,21,22). The molecule has 3 N–H and O–H groups in total. The number of H-pyrrole nitrogens is 1. The van der Waals surface area contributed by atoms with Gasteiger partial charge in [-0.15, -0.1) is 0 Å². The fraction of sp³-hybridized carbons (Fsp3) is 0.0556. The topological polar surface area (TPSA) is 89.6 Å². The number of amides is 1. The zero-order valence-corrected chi connectivity index (χ0v) is 13.0. The minimum Gasteiger partial charge on any atom is -0.364 e. The molecule has 1 amide bonds. The molecular formula is C18H15N5O. The van der Waals surface area contributed by atoms with Crippen molar-refractivity contribution in [3.8, 4) is 22.6 Å². The number of carbonyl (C=O) groups excluding carboxylic acids is 1. The van der Waals surface area contributed by atoms with E-state index in [9.17, 15) is 4.79 Å². The highest BCUT2D eigenvalue weighted by Crippen LogP contribution is 2.28. The van der Waals surface area contributed by atoms with E-state index in [1.165, 1.54) is 0 Å². The molecule has 0 radical (unpaired) electrons. The Hall–Kier alpha value is -3.41. The number of nitrogens with one attached hydrogen (secondary N) is 1. The molecule has 24 heavy (non-hydrogen) atoms. The molecule has 0 fully saturated rings. The van der Waals surface area contributed by atoms with E-state index < -0.39 is 5.91 Å². The first-order valence-corrected chi connectivity index (χ1v) is 7.51. The van der Waals surface area contributed by atoms with Gasteiger partial charge in [0, 0.05) is 23.6 Å². The van der Waals surface area contributed by atoms with E-state index in [-0.39, 0.29) is 0 Å². The highest BCUT2D eigenvalue weighted by molar-refractivity contribution is 5.99. The second-order valence-corrected chi connectivity index (χ2v) is 5.58. The first-order chi connectivity index (χ1) is 11.6. The van der Waals surface area contributed by atoms with E-state index in [1.54, 1.807) is 10.9 Å². The molecule has 4 rings (SSSR count). The summed E-state index contributed by atoms with van der Waals surface area (Å²) >= 11 is 0. The molecule has 0 aliphatic heterocycles. The third-order valence-electron chi connectivity index (χ3n) is 4.02. The fourth-order valence-electron chi connectivity index (χ4n) is 2.78. The van der Waals surface area contributed by atoms with Crippen LogP contribution in [0.15, 0.2) is 54.7 Å². The lowest BCUT2D eigenvalue weighted by Gasteiger charge is -2.01. The van der Waals surface area contributed by atoms with Gasteiger partial charge in [-0.25, -0.2) is 4.98 Å². The van der Waals surface area contributed by atoms with E-state index in [0.29, 0.717) is 17.2 Å². The number of aromatic amines is 1. The van der Waals surface area contributed by atoms with Crippen LogP contribution < -0.4 is 5.73 Å². The molecule has 118 valence electrons. The van der Waals surface area contributed by atoms with Crippen molar-refractivity contribution in [2.45, 2.75) is 0 Å². The Balaban J connectivity index is 1.91. The van der Waals surface area contributed by atoms with Crippen LogP contribution in [-0.4, -0.2) is 25.7 Å². The van der Waals surface area contributed by atoms with Crippen molar-refractivity contribution < 1.29 is 4.79 Å². The fourth-order valence-corrected chi connectivity index (χ4v) is 2.78. The summed E-state index contributed by atoms with van der Waals surface area (Å²) in [5.41, 5.74) is 9.06. The molecule has 6 heteroatoms. The van der Waals surface area contributed by atoms with Gasteiger partial charge in [-0.1, -0.05) is 42.5 Å². The van der Waals surface area contributed by atoms with Crippen LogP contribution in [0.5, 0.6) is 0 Å². The molecule has 0 spiro atoms. The largest absolute Gasteiger partial charge is 0.364 e. The smallest absolute Gasteiger partial charge is 0.267 e. The molecule has 0 saturated heterocycles. The van der Waals surface area contributed by atoms with Crippen LogP contribution >= 0.6 is 0 Å². The number of aromatic nitrogens is 4. The van der Waals surface area contributed by atoms with Crippen LogP contribution in [0, 0.1) is 0 Å². The zero-order chi connectivity index (χ0) is 16.7. The number of rotatable bonds is 3. The summed E-state index contributed by atoms with van der Waals surface area (Å²) in [6.45, 7) is 0. The molecule has 2 aromatic carbocycles. The van der Waals surface area contributed by atoms with E-state index >= 15 is 0 Å². The van der Waals surface area contributed by atoms with E-state index in [0.717, 1.165) is 22.0 Å². The number of hydrogen-bond donors (Lipinski definition) is 2. The quantitative estimate of drug-likeness (QED) is 0.609. The second kappa shape index (κ2) is 5.34. The van der Waals surface area contributed by atoms with Gasteiger partial charge in [-0.3, -0.25) is 9.48 Å². The van der Waals surface area contributed by atoms with Gasteiger partial charge in [-0.2, -0.15) is 5.10 Å². The summed E-state index contributed by atoms with van der Waals surface area (Å²) in [4.78, 5) is 19.5. The molecule has 0 saturated carbocycles. The predicted octanol–water partition coefficient (Wildman–Crippen LogP) is 2.73. The van der Waals surface area contributed by atoms with Crippen LogP contribution in [0.4, 0.5) is 0 Å². The van der Waals surface area contributed by atoms with Gasteiger partial charge in [0.15, 0.2) is 0 Å². The second-order valence-electron chi connectivity index (χ2n) is 5.58. The molecule has 4 aromatic rings. The van der Waals surface area contributed by atoms with Crippen LogP contribution in [0.3, 0.4) is 0 Å². The highest BCUT2D eigenvalue weighted by atomic mass is 16.1. The first kappa shape index (κ1) is 14.2. The Morgan fingerprint density at radius 2 is 1.92 bits per heavy atom. The van der Waals surface area contributed by atoms with Gasteiger partial charge in [0.2, 0.25) is 0 Å². The number of aryl methyl sites for hydroxylation is 1. The maximum absolute atomic E-state index is 11.9. The number of carbonyl (C=O) groups is 1. The lowest BCUT2D eigenvalue weighted by molar-refractivity contribution is 0.0997. The zero-order valence-electron chi connectivity index (χ0n) is 13.0. The normalized spacial score (nSPS) is 11.0. The van der Waals surface area contributed by atoms with E-state index in [4.69, 9.17) is 5.73 Å². The molecule has 2 heterocycles. The van der Waals surface area contributed by atoms with Crippen molar-refractivity contribution in [3.63, 3.8) is 0 Å². The van der Waals surface area contributed by atoms with Crippen molar-refractivity contribution in [2.75, 3.05) is 0 Å². The summed E-state index contributed by atoms with van der Waals surface area (Å²) in [7, 11) is 1.88. The number of nitrogens with zero attached hydrogens (tertiary/aromatic N) is 3. The Morgan fingerprint density at radius 1 is 1.12 bits per heavy atom. The molecule has 0 unspecified atom stereocenters. The third-order valence-corrected chi connectivity index (χ3v) is 4.02. The average molecular weight is 317 g/mol. The molecule has 0 atom stereocenters. The molecule has 0 aliphatic rings. The lowest BCUT2D eigenvalue weighted by Crippen LogP contribution is -2.12. The third kappa shape index (κ3) is 2.25. The Bertz CT molecular complexity index is 1050. The number of nitrogens with two attached hydrogens (primary N) is 1. The molecule has 0 aliphatic carbocycles. The van der Waals surface area contributed by atoms with Crippen molar-refractivity contribution in [2.24, 2.45) is 12.8 Å². The summed E-state index contributed by atoms with van der Waals surface area (Å²) in [5, 5.41) is 5.27. The summed E-state index contributed by atoms with van der Waals surface area (Å²) < 4.78 is 1.79. The van der Waals surface area contributed by atoms with Gasteiger partial charge < -0.3 is 10.7 Å². The molecular weight excluding hydrogens is 302 g/mol. The molecule has 6 nitrogen and oxygen atoms in total. The molecule has 0 bridgehead atoms. The van der Waals surface area contributed by atoms with Crippen molar-refractivity contribution in [1.29, 1.82) is 0 Å². The van der Waals surface area contributed by atoms with Crippen molar-refractivity contribution in [1.82, 2.24) is 19.7 Å². The van der Waals surface area contributed by atoms with Crippen molar-refractivity contribution >= 4 is 16.8 Å². The molecule has 2 aromatic heterocycles. The summed E-state index contributed by atoms with van der Waals surface area (Å²) in [6.07, 6.45) is 1.80. The number of fused-ring (bicyclic) bond motifs is 1. The van der Waals surface area contributed by atoms with Crippen LogP contribution in [-0.2, 0) is 7.05 Å². The Labute approximate surface area is 137 Å². The van der Waals surface area contributed by atoms with Gasteiger partial charge >= 0.3 is 0 Å². The van der Waals surface area contributed by atoms with Crippen molar-refractivity contribution in [3.05, 3.63) is 60.4 Å². The van der Waals surface area contributed by atoms with Crippen LogP contribution in [0.2, 0.25) is 0 Å². The van der Waals surface area contributed by atoms with Gasteiger partial charge in [-0.05, 0) is 6.07 Å². The van der Waals surface area contributed by atoms with E-state index in [1.807, 2.05) is 55.6 Å². The Morgan fingerprint density at radius 3 is 2.67 bits per heavy atom. The van der Waals surface area contributed by atoms with Gasteiger partial charge in [0.05, 0.1) is 11.7 Å². The highest BCUT2D eigenvalue weighted by Gasteiger charge is 2.18. The van der Waals surface area contributed by atoms with Gasteiger partial charge in [0.1, 0.15) is 17.2 Å². The number of primary amides is 1. The van der Waals surface area contributed by atoms with Crippen LogP contribution in [0.1, 0.15) is 10.5 Å². The van der Waals surface area contributed by atoms with Gasteiger partial charge in [0.25, 0.3) is 5.91 Å². The van der Waals surface area contributed by atoms with Crippen LogP contribution in [0.25, 0.3) is 33.5 Å². The first-order valence-electron chi connectivity index (χ1n) is 7.51. The SMILES string of the molecule is Cn1ncc2ccc(-c3nc(-c4ccccc4)[nH]c3C(N)=O)cc21. The number of imidazole rings is 1. The van der Waals surface area contributed by atoms with E-state index in [2.05, 4.69) is 15.1 Å². The number of benzene rings is 2. The average Bonchev–Trinajstić information content (AvgIpc) is 3.20. The predicted molar refractivity (Wildman–Crippen MR) is 92.2 cm³/mol. The Kier molecular flexibility index (Phi) is 3.16. The maximum Gasteiger partial charge on any atom is 0.267 e. The maximum atomic E-state index is 11.9. The lowest BCUT2D eigenvalue weighted by atomic mass is 10.1. The number of hydrogen-bond acceptors (Lipinski definition) is 3. The monoisotopic (exact) mass is 317 g/mol.